The zero-order chi connectivity index (χ0) is 20.6. The number of hydrogen-bond donors (Lipinski definition) is 2. The van der Waals surface area contributed by atoms with E-state index in [9.17, 15) is 23.1 Å². The molecular weight excluding hydrogens is 387 g/mol. The van der Waals surface area contributed by atoms with Crippen molar-refractivity contribution in [1.29, 1.82) is 0 Å². The van der Waals surface area contributed by atoms with Crippen LogP contribution in [0.5, 0.6) is 5.75 Å². The summed E-state index contributed by atoms with van der Waals surface area (Å²) in [4.78, 5) is 16.5. The highest BCUT2D eigenvalue weighted by Crippen LogP contribution is 2.35. The summed E-state index contributed by atoms with van der Waals surface area (Å²) < 4.78 is 47.6. The lowest BCUT2D eigenvalue weighted by molar-refractivity contribution is -0.116. The number of aromatic nitrogens is 1. The van der Waals surface area contributed by atoms with Crippen molar-refractivity contribution in [3.8, 4) is 5.75 Å². The molecule has 0 atom stereocenters. The number of amides is 1. The van der Waals surface area contributed by atoms with Crippen LogP contribution in [0, 0.1) is 17.5 Å². The minimum Gasteiger partial charge on any atom is -0.490 e. The maximum Gasteiger partial charge on any atom is 0.224 e. The van der Waals surface area contributed by atoms with Crippen LogP contribution < -0.4 is 15.0 Å². The van der Waals surface area contributed by atoms with E-state index < -0.39 is 23.1 Å². The van der Waals surface area contributed by atoms with Gasteiger partial charge in [0.15, 0.2) is 11.6 Å². The van der Waals surface area contributed by atoms with Crippen LogP contribution in [-0.4, -0.2) is 41.3 Å². The first-order valence-electron chi connectivity index (χ1n) is 9.37. The second kappa shape index (κ2) is 7.55. The highest BCUT2D eigenvalue weighted by molar-refractivity contribution is 5.94. The Morgan fingerprint density at radius 3 is 2.48 bits per heavy atom. The Balaban J connectivity index is 1.43. The summed E-state index contributed by atoms with van der Waals surface area (Å²) in [6.07, 6.45) is 2.98. The van der Waals surface area contributed by atoms with Gasteiger partial charge in [0.05, 0.1) is 18.1 Å². The third-order valence-electron chi connectivity index (χ3n) is 5.42. The summed E-state index contributed by atoms with van der Waals surface area (Å²) in [5.74, 6) is -1.87. The number of pyridine rings is 1. The molecule has 9 heteroatoms. The molecule has 1 saturated heterocycles. The van der Waals surface area contributed by atoms with E-state index >= 15 is 0 Å². The summed E-state index contributed by atoms with van der Waals surface area (Å²) in [6, 6.07) is 2.69. The molecule has 2 aliphatic rings. The quantitative estimate of drug-likeness (QED) is 0.815. The average Bonchev–Trinajstić information content (AvgIpc) is 2.69. The second-order valence-electron chi connectivity index (χ2n) is 7.40. The fourth-order valence-corrected chi connectivity index (χ4v) is 3.77. The lowest BCUT2D eigenvalue weighted by Gasteiger charge is -2.39. The van der Waals surface area contributed by atoms with E-state index in [-0.39, 0.29) is 56.2 Å². The van der Waals surface area contributed by atoms with E-state index in [1.54, 1.807) is 0 Å². The number of nitrogens with zero attached hydrogens (tertiary/aromatic N) is 2. The fraction of sp³-hybridized carbons (Fsp3) is 0.400. The maximum atomic E-state index is 14.0. The van der Waals surface area contributed by atoms with Gasteiger partial charge in [0, 0.05) is 25.1 Å². The molecule has 0 radical (unpaired) electrons. The number of ether oxygens (including phenoxy) is 1. The number of piperidine rings is 1. The molecule has 1 aromatic heterocycles. The van der Waals surface area contributed by atoms with Gasteiger partial charge in [-0.25, -0.2) is 13.2 Å². The van der Waals surface area contributed by atoms with Gasteiger partial charge in [-0.2, -0.15) is 0 Å². The molecule has 1 fully saturated rings. The van der Waals surface area contributed by atoms with Crippen LogP contribution in [0.2, 0.25) is 0 Å². The van der Waals surface area contributed by atoms with Crippen LogP contribution in [0.4, 0.5) is 24.5 Å². The molecule has 2 N–H and O–H groups in total. The van der Waals surface area contributed by atoms with Crippen molar-refractivity contribution >= 4 is 17.3 Å². The molecule has 2 aromatic rings. The van der Waals surface area contributed by atoms with Crippen molar-refractivity contribution in [3.63, 3.8) is 0 Å². The van der Waals surface area contributed by atoms with Crippen LogP contribution >= 0.6 is 0 Å². The van der Waals surface area contributed by atoms with Crippen molar-refractivity contribution in [3.05, 3.63) is 47.5 Å². The number of halogens is 3. The average molecular weight is 407 g/mol. The minimum atomic E-state index is -1.18. The van der Waals surface area contributed by atoms with E-state index in [1.165, 1.54) is 17.0 Å². The first-order valence-corrected chi connectivity index (χ1v) is 9.37. The first kappa shape index (κ1) is 19.5. The van der Waals surface area contributed by atoms with Gasteiger partial charge >= 0.3 is 0 Å². The molecule has 3 heterocycles. The van der Waals surface area contributed by atoms with Crippen LogP contribution in [0.3, 0.4) is 0 Å². The molecule has 0 aliphatic carbocycles. The van der Waals surface area contributed by atoms with E-state index in [2.05, 4.69) is 10.3 Å². The van der Waals surface area contributed by atoms with Gasteiger partial charge in [-0.3, -0.25) is 9.78 Å². The molecule has 4 rings (SSSR count). The number of benzene rings is 1. The van der Waals surface area contributed by atoms with Gasteiger partial charge in [-0.1, -0.05) is 0 Å². The Hall–Kier alpha value is -2.81. The highest BCUT2D eigenvalue weighted by atomic mass is 19.1. The molecule has 1 aromatic carbocycles. The Labute approximate surface area is 165 Å². The Morgan fingerprint density at radius 1 is 1.10 bits per heavy atom. The molecule has 0 spiro atoms. The number of carbonyl (C=O) groups excluding carboxylic acids is 1. The molecule has 29 heavy (non-hydrogen) atoms. The summed E-state index contributed by atoms with van der Waals surface area (Å²) in [6.45, 7) is 0.443. The topological polar surface area (TPSA) is 74.7 Å². The van der Waals surface area contributed by atoms with Crippen LogP contribution in [0.25, 0.3) is 0 Å². The Morgan fingerprint density at radius 2 is 1.79 bits per heavy atom. The molecule has 0 unspecified atom stereocenters. The maximum absolute atomic E-state index is 14.0. The number of rotatable bonds is 4. The zero-order valence-corrected chi connectivity index (χ0v) is 15.6. The first-order chi connectivity index (χ1) is 13.9. The summed E-state index contributed by atoms with van der Waals surface area (Å²) >= 11 is 0. The summed E-state index contributed by atoms with van der Waals surface area (Å²) in [7, 11) is 0. The second-order valence-corrected chi connectivity index (χ2v) is 7.40. The largest absolute Gasteiger partial charge is 0.490 e. The Bertz CT molecular complexity index is 926. The highest BCUT2D eigenvalue weighted by Gasteiger charge is 2.35. The van der Waals surface area contributed by atoms with Gasteiger partial charge in [-0.15, -0.1) is 0 Å². The summed E-state index contributed by atoms with van der Waals surface area (Å²) in [5, 5.41) is 13.4. The van der Waals surface area contributed by atoms with E-state index in [1.807, 2.05) is 0 Å². The number of hydrogen-bond acceptors (Lipinski definition) is 5. The monoisotopic (exact) mass is 407 g/mol. The van der Waals surface area contributed by atoms with E-state index in [0.717, 1.165) is 12.4 Å². The van der Waals surface area contributed by atoms with Crippen molar-refractivity contribution in [1.82, 2.24) is 4.98 Å². The van der Waals surface area contributed by atoms with Crippen molar-refractivity contribution in [2.24, 2.45) is 0 Å². The van der Waals surface area contributed by atoms with Crippen molar-refractivity contribution in [2.75, 3.05) is 29.9 Å². The number of fused-ring (bicyclic) bond motifs is 1. The number of aliphatic hydroxyl groups is 1. The van der Waals surface area contributed by atoms with E-state index in [0.29, 0.717) is 17.7 Å². The normalized spacial score (nSPS) is 18.2. The molecule has 154 valence electrons. The predicted octanol–water partition coefficient (Wildman–Crippen LogP) is 2.79. The SMILES string of the molecule is O=C1CCc2c(OCC3(O)CCN(c4c(F)cncc4F)CC3)ccc(F)c2N1. The fourth-order valence-electron chi connectivity index (χ4n) is 3.77. The van der Waals surface area contributed by atoms with Gasteiger partial charge in [0.1, 0.15) is 29.5 Å². The van der Waals surface area contributed by atoms with Crippen molar-refractivity contribution in [2.45, 2.75) is 31.3 Å². The molecule has 0 saturated carbocycles. The minimum absolute atomic E-state index is 0.0475. The van der Waals surface area contributed by atoms with Crippen LogP contribution in [0.15, 0.2) is 24.5 Å². The molecule has 6 nitrogen and oxygen atoms in total. The van der Waals surface area contributed by atoms with Crippen molar-refractivity contribution < 1.29 is 27.8 Å². The third-order valence-corrected chi connectivity index (χ3v) is 5.42. The van der Waals surface area contributed by atoms with Crippen LogP contribution in [0.1, 0.15) is 24.8 Å². The smallest absolute Gasteiger partial charge is 0.224 e. The molecular formula is C20H20F3N3O3. The van der Waals surface area contributed by atoms with Crippen LogP contribution in [-0.2, 0) is 11.2 Å². The zero-order valence-electron chi connectivity index (χ0n) is 15.6. The number of anilines is 2. The lowest BCUT2D eigenvalue weighted by Crippen LogP contribution is -2.48. The predicted molar refractivity (Wildman–Crippen MR) is 99.4 cm³/mol. The van der Waals surface area contributed by atoms with Gasteiger partial charge in [-0.05, 0) is 31.4 Å². The molecule has 2 aliphatic heterocycles. The lowest BCUT2D eigenvalue weighted by atomic mass is 9.92. The van der Waals surface area contributed by atoms with Gasteiger partial charge in [0.25, 0.3) is 0 Å². The molecule has 0 bridgehead atoms. The standard InChI is InChI=1S/C20H20F3N3O3/c21-13-2-3-16(12-1-4-17(27)25-18(12)13)29-11-20(28)5-7-26(8-6-20)19-14(22)9-24-10-15(19)23/h2-3,9-10,28H,1,4-8,11H2,(H,25,27). The molecule has 1 amide bonds. The van der Waals surface area contributed by atoms with Gasteiger partial charge in [0.2, 0.25) is 5.91 Å². The Kier molecular flexibility index (Phi) is 5.08. The number of nitrogens with one attached hydrogen (secondary N) is 1. The van der Waals surface area contributed by atoms with E-state index in [4.69, 9.17) is 4.74 Å². The third kappa shape index (κ3) is 3.87. The summed E-state index contributed by atoms with van der Waals surface area (Å²) in [5.41, 5.74) is -0.655. The number of carbonyl (C=O) groups is 1. The van der Waals surface area contributed by atoms with Gasteiger partial charge < -0.3 is 20.1 Å².